The molecule has 0 heterocycles. The van der Waals surface area contributed by atoms with Gasteiger partial charge in [0.2, 0.25) is 0 Å². The zero-order valence-corrected chi connectivity index (χ0v) is 12.1. The van der Waals surface area contributed by atoms with E-state index in [9.17, 15) is 10.1 Å². The van der Waals surface area contributed by atoms with E-state index in [1.165, 1.54) is 12.1 Å². The average Bonchev–Trinajstić information content (AvgIpc) is 2.40. The zero-order valence-electron chi connectivity index (χ0n) is 9.77. The third-order valence-corrected chi connectivity index (χ3v) is 3.56. The van der Waals surface area contributed by atoms with Crippen molar-refractivity contribution in [3.63, 3.8) is 0 Å². The zero-order chi connectivity index (χ0) is 13.8. The van der Waals surface area contributed by atoms with Crippen LogP contribution in [0.15, 0.2) is 46.9 Å². The van der Waals surface area contributed by atoms with Gasteiger partial charge in [-0.3, -0.25) is 10.1 Å². The van der Waals surface area contributed by atoms with Gasteiger partial charge in [0, 0.05) is 33.9 Å². The molecule has 19 heavy (non-hydrogen) atoms. The molecule has 0 saturated carbocycles. The van der Waals surface area contributed by atoms with Gasteiger partial charge >= 0.3 is 0 Å². The quantitative estimate of drug-likeness (QED) is 0.652. The Morgan fingerprint density at radius 1 is 1.26 bits per heavy atom. The van der Waals surface area contributed by atoms with Crippen molar-refractivity contribution in [2.24, 2.45) is 0 Å². The summed E-state index contributed by atoms with van der Waals surface area (Å²) in [6, 6.07) is 11.9. The van der Waals surface area contributed by atoms with E-state index in [2.05, 4.69) is 21.2 Å². The van der Waals surface area contributed by atoms with Crippen molar-refractivity contribution < 1.29 is 4.92 Å². The maximum atomic E-state index is 10.7. The number of nitrogens with one attached hydrogen (secondary N) is 1. The first kappa shape index (κ1) is 13.8. The Morgan fingerprint density at radius 3 is 2.79 bits per heavy atom. The molecule has 0 aliphatic heterocycles. The molecule has 4 nitrogen and oxygen atoms in total. The number of nitrogens with zero attached hydrogens (tertiary/aromatic N) is 1. The minimum atomic E-state index is -0.416. The number of nitro benzene ring substituents is 1. The third kappa shape index (κ3) is 3.68. The molecule has 0 spiro atoms. The second-order valence-corrected chi connectivity index (χ2v) is 5.19. The Morgan fingerprint density at radius 2 is 2.05 bits per heavy atom. The highest BCUT2D eigenvalue weighted by Gasteiger charge is 2.06. The lowest BCUT2D eigenvalue weighted by atomic mass is 10.2. The molecule has 0 aromatic heterocycles. The average molecular weight is 342 g/mol. The Bertz CT molecular complexity index is 619. The summed E-state index contributed by atoms with van der Waals surface area (Å²) < 4.78 is 0.940. The van der Waals surface area contributed by atoms with Gasteiger partial charge in [0.15, 0.2) is 0 Å². The summed E-state index contributed by atoms with van der Waals surface area (Å²) in [5.74, 6) is 0. The van der Waals surface area contributed by atoms with Gasteiger partial charge in [-0.15, -0.1) is 0 Å². The van der Waals surface area contributed by atoms with Crippen LogP contribution >= 0.6 is 27.5 Å². The largest absolute Gasteiger partial charge is 0.381 e. The molecule has 0 saturated heterocycles. The van der Waals surface area contributed by atoms with Gasteiger partial charge in [0.05, 0.1) is 4.92 Å². The SMILES string of the molecule is O=[N+]([O-])c1cccc(NCc2cc(Cl)ccc2Br)c1. The molecule has 0 atom stereocenters. The summed E-state index contributed by atoms with van der Waals surface area (Å²) in [6.07, 6.45) is 0. The first-order valence-electron chi connectivity index (χ1n) is 5.48. The highest BCUT2D eigenvalue weighted by atomic mass is 79.9. The Labute approximate surface area is 123 Å². The van der Waals surface area contributed by atoms with Crippen molar-refractivity contribution in [3.8, 4) is 0 Å². The number of halogens is 2. The topological polar surface area (TPSA) is 55.2 Å². The minimum Gasteiger partial charge on any atom is -0.381 e. The molecule has 1 N–H and O–H groups in total. The van der Waals surface area contributed by atoms with Crippen molar-refractivity contribution in [2.45, 2.75) is 6.54 Å². The van der Waals surface area contributed by atoms with Gasteiger partial charge in [-0.1, -0.05) is 33.6 Å². The van der Waals surface area contributed by atoms with E-state index in [0.29, 0.717) is 17.3 Å². The van der Waals surface area contributed by atoms with E-state index >= 15 is 0 Å². The highest BCUT2D eigenvalue weighted by Crippen LogP contribution is 2.23. The summed E-state index contributed by atoms with van der Waals surface area (Å²) in [6.45, 7) is 0.530. The number of anilines is 1. The number of benzene rings is 2. The molecule has 0 aliphatic rings. The Hall–Kier alpha value is -1.59. The molecule has 6 heteroatoms. The summed E-state index contributed by atoms with van der Waals surface area (Å²) in [5, 5.41) is 14.5. The maximum Gasteiger partial charge on any atom is 0.271 e. The minimum absolute atomic E-state index is 0.0650. The second kappa shape index (κ2) is 6.04. The van der Waals surface area contributed by atoms with Crippen LogP contribution in [-0.2, 0) is 6.54 Å². The van der Waals surface area contributed by atoms with Gasteiger partial charge < -0.3 is 5.32 Å². The molecule has 98 valence electrons. The Kier molecular flexibility index (Phi) is 4.39. The molecular weight excluding hydrogens is 332 g/mol. The van der Waals surface area contributed by atoms with Crippen LogP contribution in [0.5, 0.6) is 0 Å². The highest BCUT2D eigenvalue weighted by molar-refractivity contribution is 9.10. The van der Waals surface area contributed by atoms with Crippen LogP contribution in [0.4, 0.5) is 11.4 Å². The van der Waals surface area contributed by atoms with Crippen molar-refractivity contribution in [3.05, 3.63) is 67.6 Å². The second-order valence-electron chi connectivity index (χ2n) is 3.90. The van der Waals surface area contributed by atoms with Crippen molar-refractivity contribution in [1.29, 1.82) is 0 Å². The summed E-state index contributed by atoms with van der Waals surface area (Å²) in [7, 11) is 0. The van der Waals surface area contributed by atoms with Gasteiger partial charge in [-0.2, -0.15) is 0 Å². The predicted molar refractivity (Wildman–Crippen MR) is 79.6 cm³/mol. The van der Waals surface area contributed by atoms with Crippen LogP contribution in [0, 0.1) is 10.1 Å². The van der Waals surface area contributed by atoms with E-state index < -0.39 is 4.92 Å². The van der Waals surface area contributed by atoms with Crippen LogP contribution in [0.3, 0.4) is 0 Å². The van der Waals surface area contributed by atoms with Gasteiger partial charge in [-0.25, -0.2) is 0 Å². The van der Waals surface area contributed by atoms with Gasteiger partial charge in [-0.05, 0) is 29.8 Å². The molecule has 0 aliphatic carbocycles. The van der Waals surface area contributed by atoms with E-state index in [4.69, 9.17) is 11.6 Å². The fourth-order valence-electron chi connectivity index (χ4n) is 1.61. The number of nitro groups is 1. The standard InChI is InChI=1S/C13H10BrClN2O2/c14-13-5-4-10(15)6-9(13)8-16-11-2-1-3-12(7-11)17(18)19/h1-7,16H,8H2. The van der Waals surface area contributed by atoms with Crippen LogP contribution < -0.4 is 5.32 Å². The molecule has 0 radical (unpaired) electrons. The lowest BCUT2D eigenvalue weighted by Gasteiger charge is -2.08. The molecule has 0 amide bonds. The van der Waals surface area contributed by atoms with Crippen molar-refractivity contribution in [1.82, 2.24) is 0 Å². The molecule has 2 rings (SSSR count). The van der Waals surface area contributed by atoms with Crippen LogP contribution in [0.1, 0.15) is 5.56 Å². The summed E-state index contributed by atoms with van der Waals surface area (Å²) in [4.78, 5) is 10.3. The fraction of sp³-hybridized carbons (Fsp3) is 0.0769. The van der Waals surface area contributed by atoms with Gasteiger partial charge in [0.25, 0.3) is 5.69 Å². The number of non-ortho nitro benzene ring substituents is 1. The van der Waals surface area contributed by atoms with Crippen LogP contribution in [0.25, 0.3) is 0 Å². The van der Waals surface area contributed by atoms with E-state index in [-0.39, 0.29) is 5.69 Å². The third-order valence-electron chi connectivity index (χ3n) is 2.55. The summed E-state index contributed by atoms with van der Waals surface area (Å²) in [5.41, 5.74) is 1.75. The molecular formula is C13H10BrClN2O2. The summed E-state index contributed by atoms with van der Waals surface area (Å²) >= 11 is 9.36. The maximum absolute atomic E-state index is 10.7. The lowest BCUT2D eigenvalue weighted by Crippen LogP contribution is -2.00. The lowest BCUT2D eigenvalue weighted by molar-refractivity contribution is -0.384. The predicted octanol–water partition coefficient (Wildman–Crippen LogP) is 4.62. The van der Waals surface area contributed by atoms with E-state index in [0.717, 1.165) is 10.0 Å². The van der Waals surface area contributed by atoms with Crippen molar-refractivity contribution >= 4 is 38.9 Å². The monoisotopic (exact) mass is 340 g/mol. The molecule has 2 aromatic rings. The normalized spacial score (nSPS) is 10.2. The molecule has 0 bridgehead atoms. The molecule has 0 unspecified atom stereocenters. The smallest absolute Gasteiger partial charge is 0.271 e. The van der Waals surface area contributed by atoms with Crippen LogP contribution in [0.2, 0.25) is 5.02 Å². The number of hydrogen-bond donors (Lipinski definition) is 1. The van der Waals surface area contributed by atoms with Crippen LogP contribution in [-0.4, -0.2) is 4.92 Å². The molecule has 0 fully saturated rings. The first-order chi connectivity index (χ1) is 9.06. The van der Waals surface area contributed by atoms with E-state index in [1.807, 2.05) is 12.1 Å². The first-order valence-corrected chi connectivity index (χ1v) is 6.65. The fourth-order valence-corrected chi connectivity index (χ4v) is 2.19. The van der Waals surface area contributed by atoms with Crippen molar-refractivity contribution in [2.75, 3.05) is 5.32 Å². The molecule has 2 aromatic carbocycles. The number of hydrogen-bond acceptors (Lipinski definition) is 3. The van der Waals surface area contributed by atoms with E-state index in [1.54, 1.807) is 18.2 Å². The Balaban J connectivity index is 2.12. The number of rotatable bonds is 4. The van der Waals surface area contributed by atoms with Gasteiger partial charge in [0.1, 0.15) is 0 Å².